The van der Waals surface area contributed by atoms with Gasteiger partial charge in [0.1, 0.15) is 0 Å². The highest BCUT2D eigenvalue weighted by atomic mass is 32.2. The lowest BCUT2D eigenvalue weighted by atomic mass is 9.94. The zero-order valence-corrected chi connectivity index (χ0v) is 15.6. The summed E-state index contributed by atoms with van der Waals surface area (Å²) >= 11 is 0. The minimum absolute atomic E-state index is 0.0104. The highest BCUT2D eigenvalue weighted by molar-refractivity contribution is 7.87. The Kier molecular flexibility index (Phi) is 4.61. The number of nitrogens with two attached hydrogens (primary N) is 1. The van der Waals surface area contributed by atoms with Gasteiger partial charge < -0.3 is 9.47 Å². The maximum atomic E-state index is 12.4. The van der Waals surface area contributed by atoms with E-state index in [0.717, 1.165) is 47.1 Å². The Morgan fingerprint density at radius 2 is 1.80 bits per heavy atom. The summed E-state index contributed by atoms with van der Waals surface area (Å²) in [6, 6.07) is 4.04. The molecule has 1 fully saturated rings. The van der Waals surface area contributed by atoms with Gasteiger partial charge in [0.05, 0.1) is 5.69 Å². The topological polar surface area (TPSA) is 97.4 Å². The quantitative estimate of drug-likeness (QED) is 0.819. The number of aryl methyl sites for hydroxylation is 3. The van der Waals surface area contributed by atoms with Gasteiger partial charge in [0, 0.05) is 43.7 Å². The van der Waals surface area contributed by atoms with Gasteiger partial charge >= 0.3 is 0 Å². The van der Waals surface area contributed by atoms with Gasteiger partial charge in [-0.3, -0.25) is 4.79 Å². The van der Waals surface area contributed by atoms with E-state index in [-0.39, 0.29) is 5.56 Å². The number of rotatable bonds is 5. The Balaban J connectivity index is 1.80. The van der Waals surface area contributed by atoms with Crippen molar-refractivity contribution < 1.29 is 8.42 Å². The number of benzene rings is 1. The number of pyridine rings is 1. The standard InChI is InChI=1S/C17H24N4O3S/c1-11-6-14-15(7-12(11)2)17(22)20(3)10-16(14)21-8-13(9-21)4-5-19-25(18,23)24/h6-7,10,13,19H,4-5,8-9H2,1-3H3,(H2,18,23,24). The van der Waals surface area contributed by atoms with Crippen molar-refractivity contribution >= 4 is 26.7 Å². The largest absolute Gasteiger partial charge is 0.369 e. The number of fused-ring (bicyclic) bond motifs is 1. The van der Waals surface area contributed by atoms with Crippen molar-refractivity contribution in [2.45, 2.75) is 20.3 Å². The fraction of sp³-hybridized carbons (Fsp3) is 0.471. The minimum atomic E-state index is -3.62. The van der Waals surface area contributed by atoms with Crippen molar-refractivity contribution in [2.75, 3.05) is 24.5 Å². The molecule has 0 aliphatic carbocycles. The van der Waals surface area contributed by atoms with E-state index in [1.54, 1.807) is 11.6 Å². The number of nitrogens with one attached hydrogen (secondary N) is 1. The first-order valence-electron chi connectivity index (χ1n) is 8.28. The molecule has 1 aliphatic heterocycles. The highest BCUT2D eigenvalue weighted by Gasteiger charge is 2.28. The number of nitrogens with zero attached hydrogens (tertiary/aromatic N) is 2. The normalized spacial score (nSPS) is 15.6. The van der Waals surface area contributed by atoms with Crippen molar-refractivity contribution in [3.63, 3.8) is 0 Å². The first-order valence-corrected chi connectivity index (χ1v) is 9.83. The molecule has 0 bridgehead atoms. The SMILES string of the molecule is Cc1cc2c(N3CC(CCNS(N)(=O)=O)C3)cn(C)c(=O)c2cc1C. The van der Waals surface area contributed by atoms with E-state index in [2.05, 4.69) is 15.7 Å². The maximum Gasteiger partial charge on any atom is 0.274 e. The van der Waals surface area contributed by atoms with Gasteiger partial charge in [0.2, 0.25) is 0 Å². The molecule has 2 heterocycles. The van der Waals surface area contributed by atoms with Crippen molar-refractivity contribution in [1.29, 1.82) is 0 Å². The molecule has 8 heteroatoms. The van der Waals surface area contributed by atoms with Crippen LogP contribution in [0.5, 0.6) is 0 Å². The molecule has 3 rings (SSSR count). The third kappa shape index (κ3) is 3.70. The lowest BCUT2D eigenvalue weighted by molar-refractivity contribution is 0.384. The van der Waals surface area contributed by atoms with Crippen LogP contribution in [0.3, 0.4) is 0 Å². The zero-order chi connectivity index (χ0) is 18.4. The lowest BCUT2D eigenvalue weighted by Crippen LogP contribution is -2.48. The molecule has 0 atom stereocenters. The van der Waals surface area contributed by atoms with E-state index < -0.39 is 10.2 Å². The van der Waals surface area contributed by atoms with E-state index in [0.29, 0.717) is 12.5 Å². The van der Waals surface area contributed by atoms with Crippen LogP contribution in [0.2, 0.25) is 0 Å². The van der Waals surface area contributed by atoms with Crippen molar-refractivity contribution in [2.24, 2.45) is 18.1 Å². The molecule has 25 heavy (non-hydrogen) atoms. The van der Waals surface area contributed by atoms with Gasteiger partial charge in [0.25, 0.3) is 15.8 Å². The molecule has 3 N–H and O–H groups in total. The molecule has 136 valence electrons. The lowest BCUT2D eigenvalue weighted by Gasteiger charge is -2.41. The summed E-state index contributed by atoms with van der Waals surface area (Å²) in [5, 5.41) is 6.65. The first-order chi connectivity index (χ1) is 11.7. The van der Waals surface area contributed by atoms with Crippen LogP contribution in [0, 0.1) is 19.8 Å². The third-order valence-electron chi connectivity index (χ3n) is 4.93. The summed E-state index contributed by atoms with van der Waals surface area (Å²) in [6.07, 6.45) is 2.63. The summed E-state index contributed by atoms with van der Waals surface area (Å²) in [7, 11) is -1.85. The van der Waals surface area contributed by atoms with E-state index >= 15 is 0 Å². The smallest absolute Gasteiger partial charge is 0.274 e. The molecular weight excluding hydrogens is 340 g/mol. The second kappa shape index (κ2) is 6.44. The molecule has 1 aliphatic rings. The number of anilines is 1. The van der Waals surface area contributed by atoms with Gasteiger partial charge in [-0.2, -0.15) is 8.42 Å². The summed E-state index contributed by atoms with van der Waals surface area (Å²) in [6.45, 7) is 6.09. The molecule has 0 unspecified atom stereocenters. The zero-order valence-electron chi connectivity index (χ0n) is 14.7. The number of hydrogen-bond donors (Lipinski definition) is 2. The van der Waals surface area contributed by atoms with Crippen LogP contribution in [0.15, 0.2) is 23.1 Å². The van der Waals surface area contributed by atoms with Crippen molar-refractivity contribution in [3.8, 4) is 0 Å². The highest BCUT2D eigenvalue weighted by Crippen LogP contribution is 2.32. The van der Waals surface area contributed by atoms with Crippen LogP contribution in [-0.2, 0) is 17.3 Å². The van der Waals surface area contributed by atoms with Crippen LogP contribution in [0.25, 0.3) is 10.8 Å². The fourth-order valence-corrected chi connectivity index (χ4v) is 3.72. The Bertz CT molecular complexity index is 976. The van der Waals surface area contributed by atoms with Gasteiger partial charge in [-0.05, 0) is 49.4 Å². The van der Waals surface area contributed by atoms with E-state index in [1.807, 2.05) is 26.1 Å². The first kappa shape index (κ1) is 17.9. The molecule has 2 aromatic rings. The monoisotopic (exact) mass is 364 g/mol. The van der Waals surface area contributed by atoms with Crippen LogP contribution in [0.4, 0.5) is 5.69 Å². The summed E-state index contributed by atoms with van der Waals surface area (Å²) < 4.78 is 25.8. The van der Waals surface area contributed by atoms with Crippen LogP contribution < -0.4 is 20.3 Å². The van der Waals surface area contributed by atoms with Gasteiger partial charge in [-0.25, -0.2) is 9.86 Å². The Morgan fingerprint density at radius 1 is 1.20 bits per heavy atom. The minimum Gasteiger partial charge on any atom is -0.369 e. The van der Waals surface area contributed by atoms with Gasteiger partial charge in [-0.1, -0.05) is 0 Å². The number of hydrogen-bond acceptors (Lipinski definition) is 4. The number of aromatic nitrogens is 1. The van der Waals surface area contributed by atoms with Gasteiger partial charge in [0.15, 0.2) is 0 Å². The van der Waals surface area contributed by atoms with Crippen LogP contribution in [0.1, 0.15) is 17.5 Å². The predicted molar refractivity (Wildman–Crippen MR) is 100 cm³/mol. The predicted octanol–water partition coefficient (Wildman–Crippen LogP) is 0.775. The molecular formula is C17H24N4O3S. The van der Waals surface area contributed by atoms with Crippen LogP contribution >= 0.6 is 0 Å². The van der Waals surface area contributed by atoms with E-state index in [9.17, 15) is 13.2 Å². The Hall–Kier alpha value is -1.90. The Labute approximate surface area is 147 Å². The van der Waals surface area contributed by atoms with Crippen LogP contribution in [-0.4, -0.2) is 32.6 Å². The third-order valence-corrected chi connectivity index (χ3v) is 5.54. The van der Waals surface area contributed by atoms with Crippen molar-refractivity contribution in [3.05, 3.63) is 39.8 Å². The average Bonchev–Trinajstić information content (AvgIpc) is 2.47. The molecule has 0 spiro atoms. The van der Waals surface area contributed by atoms with Gasteiger partial charge in [-0.15, -0.1) is 0 Å². The Morgan fingerprint density at radius 3 is 2.40 bits per heavy atom. The second-order valence-corrected chi connectivity index (χ2v) is 8.29. The van der Waals surface area contributed by atoms with Crippen molar-refractivity contribution in [1.82, 2.24) is 9.29 Å². The fourth-order valence-electron chi connectivity index (χ4n) is 3.31. The second-order valence-electron chi connectivity index (χ2n) is 6.91. The molecule has 7 nitrogen and oxygen atoms in total. The molecule has 1 saturated heterocycles. The molecule has 0 radical (unpaired) electrons. The molecule has 0 amide bonds. The summed E-state index contributed by atoms with van der Waals surface area (Å²) in [4.78, 5) is 14.7. The maximum absolute atomic E-state index is 12.4. The summed E-state index contributed by atoms with van der Waals surface area (Å²) in [5.74, 6) is 0.410. The molecule has 1 aromatic carbocycles. The van der Waals surface area contributed by atoms with E-state index in [1.165, 1.54) is 0 Å². The van der Waals surface area contributed by atoms with E-state index in [4.69, 9.17) is 5.14 Å². The molecule has 0 saturated carbocycles. The molecule has 1 aromatic heterocycles. The summed E-state index contributed by atoms with van der Waals surface area (Å²) in [5.41, 5.74) is 3.33. The average molecular weight is 364 g/mol.